The van der Waals surface area contributed by atoms with Gasteiger partial charge in [-0.3, -0.25) is 0 Å². The Bertz CT molecular complexity index is 125. The molecular weight excluding hydrogens is 144 g/mol. The van der Waals surface area contributed by atoms with Crippen molar-refractivity contribution in [2.45, 2.75) is 0 Å². The van der Waals surface area contributed by atoms with Crippen LogP contribution in [0.4, 0.5) is 0 Å². The molecule has 0 N–H and O–H groups in total. The van der Waals surface area contributed by atoms with Gasteiger partial charge in [0.1, 0.15) is 0 Å². The third kappa shape index (κ3) is 2.14. The van der Waals surface area contributed by atoms with E-state index in [2.05, 4.69) is 35.5 Å². The van der Waals surface area contributed by atoms with Crippen LogP contribution in [-0.2, 0) is 0 Å². The van der Waals surface area contributed by atoms with Crippen LogP contribution in [0.2, 0.25) is 0 Å². The van der Waals surface area contributed by atoms with Crippen molar-refractivity contribution in [3.8, 4) is 0 Å². The second-order valence-corrected chi connectivity index (χ2v) is 3.49. The highest BCUT2D eigenvalue weighted by Crippen LogP contribution is 2.04. The smallest absolute Gasteiger partial charge is 0.0891 e. The number of rotatable bonds is 3. The Kier molecular flexibility index (Phi) is 2.93. The molecule has 0 spiro atoms. The summed E-state index contributed by atoms with van der Waals surface area (Å²) in [5.41, 5.74) is 0. The van der Waals surface area contributed by atoms with Crippen molar-refractivity contribution in [2.75, 3.05) is 32.3 Å². The average Bonchev–Trinajstić information content (AvgIpc) is 2.31. The van der Waals surface area contributed by atoms with Gasteiger partial charge >= 0.3 is 0 Å². The number of nitrogens with zero attached hydrogens (tertiary/aromatic N) is 2. The highest BCUT2D eigenvalue weighted by atomic mass is 32.2. The van der Waals surface area contributed by atoms with Gasteiger partial charge in [-0.1, -0.05) is 0 Å². The van der Waals surface area contributed by atoms with Gasteiger partial charge in [-0.2, -0.15) is 11.8 Å². The topological polar surface area (TPSA) is 6.48 Å². The van der Waals surface area contributed by atoms with Gasteiger partial charge in [0.2, 0.25) is 0 Å². The first-order valence-corrected chi connectivity index (χ1v) is 4.84. The largest absolute Gasteiger partial charge is 0.362 e. The van der Waals surface area contributed by atoms with Crippen molar-refractivity contribution in [3.63, 3.8) is 0 Å². The van der Waals surface area contributed by atoms with E-state index in [4.69, 9.17) is 0 Å². The van der Waals surface area contributed by atoms with Crippen LogP contribution < -0.4 is 0 Å². The van der Waals surface area contributed by atoms with Crippen LogP contribution >= 0.6 is 11.8 Å². The van der Waals surface area contributed by atoms with Crippen LogP contribution in [0.15, 0.2) is 12.4 Å². The fourth-order valence-corrected chi connectivity index (χ4v) is 1.36. The van der Waals surface area contributed by atoms with Gasteiger partial charge < -0.3 is 9.80 Å². The molecule has 0 unspecified atom stereocenters. The molecule has 0 aromatic rings. The molecule has 3 heteroatoms. The highest BCUT2D eigenvalue weighted by molar-refractivity contribution is 7.98. The van der Waals surface area contributed by atoms with Crippen molar-refractivity contribution in [1.29, 1.82) is 0 Å². The zero-order valence-corrected chi connectivity index (χ0v) is 7.40. The molecule has 0 aromatic carbocycles. The van der Waals surface area contributed by atoms with E-state index in [0.717, 1.165) is 6.67 Å². The van der Waals surface area contributed by atoms with Crippen LogP contribution in [0.5, 0.6) is 0 Å². The Labute approximate surface area is 66.9 Å². The first-order valence-electron chi connectivity index (χ1n) is 3.44. The Morgan fingerprint density at radius 2 is 2.30 bits per heavy atom. The molecule has 1 aliphatic rings. The standard InChI is InChI=1S/C7H14N2S/c1-8-3-4-9(7-8)5-6-10-2/h3-4H,5-7H2,1-2H3. The summed E-state index contributed by atoms with van der Waals surface area (Å²) in [6, 6.07) is 0. The summed E-state index contributed by atoms with van der Waals surface area (Å²) in [6.07, 6.45) is 6.40. The van der Waals surface area contributed by atoms with Crippen molar-refractivity contribution < 1.29 is 0 Å². The maximum atomic E-state index is 2.32. The highest BCUT2D eigenvalue weighted by Gasteiger charge is 2.05. The van der Waals surface area contributed by atoms with E-state index in [9.17, 15) is 0 Å². The minimum atomic E-state index is 1.06. The molecule has 0 fully saturated rings. The van der Waals surface area contributed by atoms with E-state index in [-0.39, 0.29) is 0 Å². The van der Waals surface area contributed by atoms with E-state index in [1.807, 2.05) is 11.8 Å². The number of thioether (sulfide) groups is 1. The van der Waals surface area contributed by atoms with Crippen LogP contribution in [0, 0.1) is 0 Å². The summed E-state index contributed by atoms with van der Waals surface area (Å²) in [5.74, 6) is 1.22. The van der Waals surface area contributed by atoms with Gasteiger partial charge in [-0.25, -0.2) is 0 Å². The maximum absolute atomic E-state index is 2.32. The molecule has 1 rings (SSSR count). The minimum absolute atomic E-state index is 1.06. The maximum Gasteiger partial charge on any atom is 0.0891 e. The first-order chi connectivity index (χ1) is 4.83. The van der Waals surface area contributed by atoms with Gasteiger partial charge in [0.05, 0.1) is 6.67 Å². The predicted octanol–water partition coefficient (Wildman–Crippen LogP) is 1.03. The zero-order chi connectivity index (χ0) is 7.40. The molecule has 0 saturated heterocycles. The third-order valence-electron chi connectivity index (χ3n) is 1.52. The normalized spacial score (nSPS) is 17.0. The molecule has 0 aromatic heterocycles. The van der Waals surface area contributed by atoms with E-state index in [1.165, 1.54) is 12.3 Å². The summed E-state index contributed by atoms with van der Waals surface area (Å²) in [6.45, 7) is 2.22. The molecule has 0 saturated carbocycles. The lowest BCUT2D eigenvalue weighted by atomic mass is 10.6. The van der Waals surface area contributed by atoms with Crippen molar-refractivity contribution in [2.24, 2.45) is 0 Å². The molecule has 0 bridgehead atoms. The van der Waals surface area contributed by atoms with Gasteiger partial charge in [0, 0.05) is 31.7 Å². The van der Waals surface area contributed by atoms with Crippen LogP contribution in [-0.4, -0.2) is 42.1 Å². The Morgan fingerprint density at radius 1 is 1.50 bits per heavy atom. The molecule has 0 atom stereocenters. The van der Waals surface area contributed by atoms with E-state index in [1.54, 1.807) is 0 Å². The van der Waals surface area contributed by atoms with Crippen molar-refractivity contribution in [3.05, 3.63) is 12.4 Å². The summed E-state index contributed by atoms with van der Waals surface area (Å²) >= 11 is 1.90. The molecule has 1 aliphatic heterocycles. The van der Waals surface area contributed by atoms with Crippen LogP contribution in [0.1, 0.15) is 0 Å². The Balaban J connectivity index is 2.14. The van der Waals surface area contributed by atoms with Gasteiger partial charge in [-0.15, -0.1) is 0 Å². The second kappa shape index (κ2) is 3.76. The molecule has 0 aliphatic carbocycles. The molecular formula is C7H14N2S. The third-order valence-corrected chi connectivity index (χ3v) is 2.11. The molecule has 10 heavy (non-hydrogen) atoms. The quantitative estimate of drug-likeness (QED) is 0.605. The van der Waals surface area contributed by atoms with E-state index < -0.39 is 0 Å². The van der Waals surface area contributed by atoms with Crippen LogP contribution in [0.25, 0.3) is 0 Å². The monoisotopic (exact) mass is 158 g/mol. The van der Waals surface area contributed by atoms with Crippen LogP contribution in [0.3, 0.4) is 0 Å². The van der Waals surface area contributed by atoms with E-state index >= 15 is 0 Å². The summed E-state index contributed by atoms with van der Waals surface area (Å²) in [5, 5.41) is 0. The number of hydrogen-bond donors (Lipinski definition) is 0. The Morgan fingerprint density at radius 3 is 2.80 bits per heavy atom. The molecule has 2 nitrogen and oxygen atoms in total. The summed E-state index contributed by atoms with van der Waals surface area (Å²) in [4.78, 5) is 4.50. The van der Waals surface area contributed by atoms with Gasteiger partial charge in [-0.05, 0) is 6.26 Å². The Hall–Kier alpha value is -0.310. The van der Waals surface area contributed by atoms with Gasteiger partial charge in [0.15, 0.2) is 0 Å². The van der Waals surface area contributed by atoms with Gasteiger partial charge in [0.25, 0.3) is 0 Å². The fraction of sp³-hybridized carbons (Fsp3) is 0.714. The first kappa shape index (κ1) is 7.79. The second-order valence-electron chi connectivity index (χ2n) is 2.50. The lowest BCUT2D eigenvalue weighted by Crippen LogP contribution is -2.24. The molecule has 1 heterocycles. The molecule has 0 radical (unpaired) electrons. The van der Waals surface area contributed by atoms with Crippen molar-refractivity contribution >= 4 is 11.8 Å². The fourth-order valence-electron chi connectivity index (χ4n) is 0.943. The summed E-state index contributed by atoms with van der Waals surface area (Å²) in [7, 11) is 2.09. The SMILES string of the molecule is CSCCN1C=CN(C)C1. The lowest BCUT2D eigenvalue weighted by molar-refractivity contribution is 0.310. The lowest BCUT2D eigenvalue weighted by Gasteiger charge is -2.16. The molecule has 58 valence electrons. The zero-order valence-electron chi connectivity index (χ0n) is 6.58. The average molecular weight is 158 g/mol. The predicted molar refractivity (Wildman–Crippen MR) is 46.9 cm³/mol. The number of hydrogen-bond acceptors (Lipinski definition) is 3. The van der Waals surface area contributed by atoms with Crippen molar-refractivity contribution in [1.82, 2.24) is 9.80 Å². The molecule has 0 amide bonds. The van der Waals surface area contributed by atoms with E-state index in [0.29, 0.717) is 0 Å². The minimum Gasteiger partial charge on any atom is -0.362 e. The summed E-state index contributed by atoms with van der Waals surface area (Å²) < 4.78 is 0.